The molecule has 0 saturated carbocycles. The molecule has 1 atom stereocenters. The number of allylic oxidation sites excluding steroid dienone is 1. The van der Waals surface area contributed by atoms with Crippen LogP contribution in [0.4, 0.5) is 5.69 Å². The van der Waals surface area contributed by atoms with Crippen molar-refractivity contribution in [2.45, 2.75) is 31.7 Å². The summed E-state index contributed by atoms with van der Waals surface area (Å²) in [6, 6.07) is 15.5. The monoisotopic (exact) mass is 413 g/mol. The van der Waals surface area contributed by atoms with Crippen molar-refractivity contribution in [1.29, 1.82) is 0 Å². The number of carbonyl (C=O) groups is 1. The lowest BCUT2D eigenvalue weighted by Gasteiger charge is -2.09. The maximum atomic E-state index is 12.3. The second kappa shape index (κ2) is 10.2. The Morgan fingerprint density at radius 1 is 1.14 bits per heavy atom. The van der Waals surface area contributed by atoms with Crippen LogP contribution in [0.2, 0.25) is 10.0 Å². The number of nitrogens with one attached hydrogen (secondary N) is 1. The molecule has 0 saturated heterocycles. The van der Waals surface area contributed by atoms with Gasteiger partial charge in [0.25, 0.3) is 5.91 Å². The Balaban J connectivity index is 1.50. The largest absolute Gasteiger partial charge is 0.352 e. The van der Waals surface area contributed by atoms with Crippen LogP contribution in [0.15, 0.2) is 64.6 Å². The highest BCUT2D eigenvalue weighted by Crippen LogP contribution is 2.21. The molecule has 0 radical (unpaired) electrons. The van der Waals surface area contributed by atoms with Crippen molar-refractivity contribution in [3.8, 4) is 0 Å². The van der Waals surface area contributed by atoms with Gasteiger partial charge in [-0.3, -0.25) is 4.79 Å². The zero-order chi connectivity index (χ0) is 19.8. The fraction of sp³-hybridized carbons (Fsp3) is 0.273. The number of benzene rings is 2. The quantitative estimate of drug-likeness (QED) is 0.466. The molecule has 0 aromatic heterocycles. The highest BCUT2D eigenvalue weighted by atomic mass is 35.5. The summed E-state index contributed by atoms with van der Waals surface area (Å²) in [6.07, 6.45) is 8.01. The maximum Gasteiger partial charge on any atom is 0.251 e. The number of nitrogens with zero attached hydrogens (tertiary/aromatic N) is 2. The average Bonchev–Trinajstić information content (AvgIpc) is 2.71. The highest BCUT2D eigenvalue weighted by Gasteiger charge is 2.07. The van der Waals surface area contributed by atoms with E-state index in [2.05, 4.69) is 33.5 Å². The van der Waals surface area contributed by atoms with E-state index in [9.17, 15) is 4.79 Å². The second-order valence-corrected chi connectivity index (χ2v) is 7.41. The van der Waals surface area contributed by atoms with E-state index in [0.29, 0.717) is 28.6 Å². The molecule has 4 nitrogen and oxygen atoms in total. The van der Waals surface area contributed by atoms with Crippen molar-refractivity contribution >= 4 is 40.8 Å². The Morgan fingerprint density at radius 3 is 2.68 bits per heavy atom. The minimum Gasteiger partial charge on any atom is -0.352 e. The molecule has 1 unspecified atom stereocenters. The molecule has 3 rings (SSSR count). The summed E-state index contributed by atoms with van der Waals surface area (Å²) in [4.78, 5) is 20.8. The predicted molar refractivity (Wildman–Crippen MR) is 115 cm³/mol. The zero-order valence-corrected chi connectivity index (χ0v) is 16.9. The number of halogens is 2. The molecule has 1 aliphatic carbocycles. The van der Waals surface area contributed by atoms with Gasteiger partial charge in [0.05, 0.1) is 17.7 Å². The molecule has 0 fully saturated rings. The van der Waals surface area contributed by atoms with E-state index in [-0.39, 0.29) is 11.9 Å². The van der Waals surface area contributed by atoms with Gasteiger partial charge in [-0.05, 0) is 67.6 Å². The number of hydrogen-bond donors (Lipinski definition) is 1. The normalized spacial score (nSPS) is 15.6. The van der Waals surface area contributed by atoms with Crippen molar-refractivity contribution in [1.82, 2.24) is 5.32 Å². The minimum absolute atomic E-state index is 0.136. The summed E-state index contributed by atoms with van der Waals surface area (Å²) in [5.41, 5.74) is 2.25. The SMILES string of the molecule is O=C(NCCc1ccc(Cl)cc1Cl)c1ccc(N=C=NC2CC=CCC2)cc1. The van der Waals surface area contributed by atoms with Crippen LogP contribution in [0, 0.1) is 0 Å². The van der Waals surface area contributed by atoms with Gasteiger partial charge in [0.15, 0.2) is 0 Å². The summed E-state index contributed by atoms with van der Waals surface area (Å²) in [5, 5.41) is 4.10. The number of hydrogen-bond acceptors (Lipinski definition) is 3. The van der Waals surface area contributed by atoms with Crippen molar-refractivity contribution < 1.29 is 4.79 Å². The highest BCUT2D eigenvalue weighted by molar-refractivity contribution is 6.35. The van der Waals surface area contributed by atoms with E-state index in [1.165, 1.54) is 0 Å². The molecule has 0 spiro atoms. The van der Waals surface area contributed by atoms with Crippen LogP contribution < -0.4 is 5.32 Å². The topological polar surface area (TPSA) is 53.8 Å². The van der Waals surface area contributed by atoms with Crippen LogP contribution in [0.1, 0.15) is 35.2 Å². The van der Waals surface area contributed by atoms with E-state index in [4.69, 9.17) is 23.2 Å². The van der Waals surface area contributed by atoms with Crippen molar-refractivity contribution in [3.05, 3.63) is 75.8 Å². The number of carbonyl (C=O) groups excluding carboxylic acids is 1. The molecular formula is C22H21Cl2N3O. The van der Waals surface area contributed by atoms with Gasteiger partial charge in [0.1, 0.15) is 0 Å². The van der Waals surface area contributed by atoms with Crippen molar-refractivity contribution in [2.75, 3.05) is 6.54 Å². The van der Waals surface area contributed by atoms with Gasteiger partial charge in [0.2, 0.25) is 0 Å². The zero-order valence-electron chi connectivity index (χ0n) is 15.4. The molecular weight excluding hydrogens is 393 g/mol. The van der Waals surface area contributed by atoms with Gasteiger partial charge in [-0.1, -0.05) is 41.4 Å². The third kappa shape index (κ3) is 6.07. The Bertz CT molecular complexity index is 916. The van der Waals surface area contributed by atoms with E-state index in [1.54, 1.807) is 36.4 Å². The summed E-state index contributed by atoms with van der Waals surface area (Å²) < 4.78 is 0. The number of rotatable bonds is 6. The first-order chi connectivity index (χ1) is 13.6. The van der Waals surface area contributed by atoms with E-state index >= 15 is 0 Å². The lowest BCUT2D eigenvalue weighted by molar-refractivity contribution is 0.0954. The smallest absolute Gasteiger partial charge is 0.251 e. The molecule has 28 heavy (non-hydrogen) atoms. The predicted octanol–water partition coefficient (Wildman–Crippen LogP) is 5.88. The number of aliphatic imine (C=N–C) groups is 2. The average molecular weight is 414 g/mol. The summed E-state index contributed by atoms with van der Waals surface area (Å²) in [7, 11) is 0. The van der Waals surface area contributed by atoms with Gasteiger partial charge >= 0.3 is 0 Å². The molecule has 2 aromatic carbocycles. The Morgan fingerprint density at radius 2 is 1.96 bits per heavy atom. The Labute approximate surface area is 175 Å². The summed E-state index contributed by atoms with van der Waals surface area (Å²) in [5.74, 6) is -0.136. The molecule has 1 N–H and O–H groups in total. The van der Waals surface area contributed by atoms with Gasteiger partial charge in [-0.25, -0.2) is 4.99 Å². The third-order valence-electron chi connectivity index (χ3n) is 4.49. The molecule has 1 aliphatic rings. The minimum atomic E-state index is -0.136. The van der Waals surface area contributed by atoms with Gasteiger partial charge < -0.3 is 5.32 Å². The van der Waals surface area contributed by atoms with Crippen LogP contribution in [0.3, 0.4) is 0 Å². The lowest BCUT2D eigenvalue weighted by atomic mass is 10.0. The summed E-state index contributed by atoms with van der Waals surface area (Å²) in [6.45, 7) is 0.489. The first-order valence-electron chi connectivity index (χ1n) is 9.24. The molecule has 0 aliphatic heterocycles. The van der Waals surface area contributed by atoms with Crippen molar-refractivity contribution in [2.24, 2.45) is 9.98 Å². The lowest BCUT2D eigenvalue weighted by Crippen LogP contribution is -2.25. The molecule has 0 bridgehead atoms. The van der Waals surface area contributed by atoms with Crippen molar-refractivity contribution in [3.63, 3.8) is 0 Å². The second-order valence-electron chi connectivity index (χ2n) is 6.57. The fourth-order valence-electron chi connectivity index (χ4n) is 2.89. The fourth-order valence-corrected chi connectivity index (χ4v) is 3.39. The maximum absolute atomic E-state index is 12.3. The third-order valence-corrected chi connectivity index (χ3v) is 5.07. The van der Waals surface area contributed by atoms with E-state index in [0.717, 1.165) is 30.5 Å². The van der Waals surface area contributed by atoms with Crippen LogP contribution in [0.5, 0.6) is 0 Å². The molecule has 144 valence electrons. The van der Waals surface area contributed by atoms with Crippen LogP contribution in [-0.4, -0.2) is 24.5 Å². The van der Waals surface area contributed by atoms with Gasteiger partial charge in [0, 0.05) is 22.2 Å². The molecule has 1 amide bonds. The molecule has 2 aromatic rings. The van der Waals surface area contributed by atoms with Crippen LogP contribution >= 0.6 is 23.2 Å². The number of amides is 1. The van der Waals surface area contributed by atoms with Crippen LogP contribution in [-0.2, 0) is 6.42 Å². The first kappa shape index (κ1) is 20.3. The summed E-state index contributed by atoms with van der Waals surface area (Å²) >= 11 is 12.0. The van der Waals surface area contributed by atoms with E-state index < -0.39 is 0 Å². The Kier molecular flexibility index (Phi) is 7.44. The van der Waals surface area contributed by atoms with Crippen LogP contribution in [0.25, 0.3) is 0 Å². The molecule has 0 heterocycles. The Hall–Kier alpha value is -2.39. The van der Waals surface area contributed by atoms with E-state index in [1.807, 2.05) is 6.07 Å². The molecule has 6 heteroatoms. The van der Waals surface area contributed by atoms with Gasteiger partial charge in [-0.15, -0.1) is 0 Å². The standard InChI is InChI=1S/C22H21Cl2N3O/c23-18-9-6-16(21(24)14-18)12-13-25-22(28)17-7-10-20(11-8-17)27-15-26-19-4-2-1-3-5-19/h1-2,6-11,14,19H,3-5,12-13H2,(H,25,28). The van der Waals surface area contributed by atoms with Gasteiger partial charge in [-0.2, -0.15) is 4.99 Å². The first-order valence-corrected chi connectivity index (χ1v) is 10.00.